The van der Waals surface area contributed by atoms with Crippen LogP contribution in [0.25, 0.3) is 10.9 Å². The molecule has 1 unspecified atom stereocenters. The van der Waals surface area contributed by atoms with E-state index in [1.807, 2.05) is 6.07 Å². The van der Waals surface area contributed by atoms with E-state index in [0.29, 0.717) is 18.5 Å². The molecule has 2 aromatic rings. The Hall–Kier alpha value is -2.14. The number of benzene rings is 1. The van der Waals surface area contributed by atoms with Crippen LogP contribution in [0.5, 0.6) is 0 Å². The number of hydrogen-bond donors (Lipinski definition) is 1. The topological polar surface area (TPSA) is 86.1 Å². The molecule has 0 saturated carbocycles. The van der Waals surface area contributed by atoms with E-state index in [0.717, 1.165) is 17.3 Å². The first kappa shape index (κ1) is 19.6. The molecule has 2 heterocycles. The molecule has 1 N–H and O–H groups in total. The molecule has 140 valence electrons. The minimum absolute atomic E-state index is 0.0982. The van der Waals surface area contributed by atoms with Crippen molar-refractivity contribution in [3.8, 4) is 6.07 Å². The monoisotopic (exact) mass is 472 g/mol. The van der Waals surface area contributed by atoms with E-state index in [1.165, 1.54) is 3.58 Å². The van der Waals surface area contributed by atoms with Crippen LogP contribution in [-0.2, 0) is 4.79 Å². The number of rotatable bonds is 4. The van der Waals surface area contributed by atoms with Crippen LogP contribution < -0.4 is 8.90 Å². The first-order valence-electron chi connectivity index (χ1n) is 9.18. The number of nitriles is 1. The molecule has 0 spiro atoms. The summed E-state index contributed by atoms with van der Waals surface area (Å²) in [6.07, 6.45) is 3.15. The van der Waals surface area contributed by atoms with Crippen LogP contribution in [0.4, 0.5) is 0 Å². The number of nitrogens with zero attached hydrogens (tertiary/aromatic N) is 3. The standard InChI is InChI=1S/C17H15N4O2.3CH3.Sn/c18-10-12-4-3-9-21(12)16(22)11-20-17(23)14-7-8-19-15-6-2-1-5-13(14)15;;;;/h2,5-8,12H,3-4,9,11H2,(H,20,23);3*1H3;. The van der Waals surface area contributed by atoms with Crippen molar-refractivity contribution in [2.75, 3.05) is 13.1 Å². The van der Waals surface area contributed by atoms with Gasteiger partial charge >= 0.3 is 164 Å². The first-order chi connectivity index (χ1) is 12.8. The molecule has 1 aromatic carbocycles. The summed E-state index contributed by atoms with van der Waals surface area (Å²) in [4.78, 5) is 38.0. The molecule has 0 radical (unpaired) electrons. The molecule has 0 bridgehead atoms. The van der Waals surface area contributed by atoms with Crippen LogP contribution in [0.2, 0.25) is 14.8 Å². The van der Waals surface area contributed by atoms with Crippen LogP contribution >= 0.6 is 0 Å². The Morgan fingerprint density at radius 2 is 2.11 bits per heavy atom. The Labute approximate surface area is 163 Å². The van der Waals surface area contributed by atoms with Gasteiger partial charge in [0.1, 0.15) is 0 Å². The first-order valence-corrected chi connectivity index (χ1v) is 19.2. The molecule has 6 nitrogen and oxygen atoms in total. The van der Waals surface area contributed by atoms with E-state index < -0.39 is 18.4 Å². The summed E-state index contributed by atoms with van der Waals surface area (Å²) in [6, 6.07) is 9.63. The number of nitrogens with one attached hydrogen (secondary N) is 1. The second-order valence-electron chi connectivity index (χ2n) is 7.90. The van der Waals surface area contributed by atoms with Crippen molar-refractivity contribution in [1.82, 2.24) is 15.2 Å². The molecule has 1 aromatic heterocycles. The fourth-order valence-electron chi connectivity index (χ4n) is 3.36. The predicted octanol–water partition coefficient (Wildman–Crippen LogP) is 2.02. The summed E-state index contributed by atoms with van der Waals surface area (Å²) in [5, 5.41) is 12.7. The number of hydrogen-bond acceptors (Lipinski definition) is 4. The number of fused-ring (bicyclic) bond motifs is 1. The second-order valence-corrected chi connectivity index (χ2v) is 22.4. The molecule has 3 rings (SSSR count). The molecule has 1 fully saturated rings. The number of carbonyl (C=O) groups is 2. The van der Waals surface area contributed by atoms with Gasteiger partial charge in [0.2, 0.25) is 0 Å². The summed E-state index contributed by atoms with van der Waals surface area (Å²) in [7, 11) is 0. The Balaban J connectivity index is 1.79. The van der Waals surface area contributed by atoms with Crippen molar-refractivity contribution in [1.29, 1.82) is 5.26 Å². The fraction of sp³-hybridized carbons (Fsp3) is 0.400. The van der Waals surface area contributed by atoms with Gasteiger partial charge < -0.3 is 0 Å². The Bertz CT molecular complexity index is 930. The van der Waals surface area contributed by atoms with E-state index in [1.54, 1.807) is 17.2 Å². The third kappa shape index (κ3) is 4.24. The third-order valence-corrected chi connectivity index (χ3v) is 10.8. The summed E-state index contributed by atoms with van der Waals surface area (Å²) >= 11 is -2.28. The SMILES string of the molecule is [CH3][Sn]([CH3])([CH3])[c]1ccc2nccc(C(=O)NCC(=O)N3CCCC3C#N)c2c1. The molecule has 1 saturated heterocycles. The molecule has 1 aliphatic rings. The van der Waals surface area contributed by atoms with E-state index >= 15 is 0 Å². The van der Waals surface area contributed by atoms with Crippen LogP contribution in [0.15, 0.2) is 30.5 Å². The Morgan fingerprint density at radius 3 is 2.81 bits per heavy atom. The molecular weight excluding hydrogens is 447 g/mol. The number of amides is 2. The molecule has 27 heavy (non-hydrogen) atoms. The summed E-state index contributed by atoms with van der Waals surface area (Å²) in [6.45, 7) is 0.478. The quantitative estimate of drug-likeness (QED) is 0.692. The third-order valence-electron chi connectivity index (χ3n) is 4.97. The zero-order valence-corrected chi connectivity index (χ0v) is 18.8. The van der Waals surface area contributed by atoms with Crippen molar-refractivity contribution >= 4 is 44.7 Å². The minimum atomic E-state index is -2.28. The molecule has 0 aliphatic carbocycles. The van der Waals surface area contributed by atoms with Crippen LogP contribution in [-0.4, -0.2) is 59.2 Å². The number of carbonyl (C=O) groups excluding carboxylic acids is 2. The summed E-state index contributed by atoms with van der Waals surface area (Å²) in [5.41, 5.74) is 1.31. The van der Waals surface area contributed by atoms with Crippen molar-refractivity contribution in [2.24, 2.45) is 0 Å². The molecule has 2 amide bonds. The van der Waals surface area contributed by atoms with Crippen molar-refractivity contribution in [2.45, 2.75) is 33.7 Å². The van der Waals surface area contributed by atoms with Crippen LogP contribution in [0.1, 0.15) is 23.2 Å². The van der Waals surface area contributed by atoms with Gasteiger partial charge in [0.15, 0.2) is 0 Å². The fourth-order valence-corrected chi connectivity index (χ4v) is 6.68. The normalized spacial score (nSPS) is 17.0. The number of pyridine rings is 1. The van der Waals surface area contributed by atoms with Gasteiger partial charge in [-0.15, -0.1) is 0 Å². The van der Waals surface area contributed by atoms with Gasteiger partial charge in [-0.3, -0.25) is 0 Å². The molecule has 1 aliphatic heterocycles. The summed E-state index contributed by atoms with van der Waals surface area (Å²) < 4.78 is 1.32. The average molecular weight is 471 g/mol. The van der Waals surface area contributed by atoms with Crippen LogP contribution in [0.3, 0.4) is 0 Å². The van der Waals surface area contributed by atoms with E-state index in [9.17, 15) is 9.59 Å². The Kier molecular flexibility index (Phi) is 5.70. The van der Waals surface area contributed by atoms with E-state index in [-0.39, 0.29) is 24.4 Å². The van der Waals surface area contributed by atoms with E-state index in [2.05, 4.69) is 43.3 Å². The number of likely N-dealkylation sites (tertiary alicyclic amines) is 1. The van der Waals surface area contributed by atoms with Gasteiger partial charge in [-0.25, -0.2) is 0 Å². The van der Waals surface area contributed by atoms with Crippen molar-refractivity contribution < 1.29 is 9.59 Å². The van der Waals surface area contributed by atoms with Gasteiger partial charge in [0.25, 0.3) is 0 Å². The zero-order chi connectivity index (χ0) is 19.6. The molecule has 7 heteroatoms. The second kappa shape index (κ2) is 7.85. The van der Waals surface area contributed by atoms with Gasteiger partial charge in [-0.2, -0.15) is 0 Å². The maximum atomic E-state index is 12.7. The molecule has 1 atom stereocenters. The Morgan fingerprint density at radius 1 is 1.33 bits per heavy atom. The van der Waals surface area contributed by atoms with Crippen LogP contribution in [0, 0.1) is 11.3 Å². The van der Waals surface area contributed by atoms with E-state index in [4.69, 9.17) is 5.26 Å². The van der Waals surface area contributed by atoms with Crippen molar-refractivity contribution in [3.63, 3.8) is 0 Å². The number of aromatic nitrogens is 1. The van der Waals surface area contributed by atoms with Gasteiger partial charge in [0.05, 0.1) is 0 Å². The summed E-state index contributed by atoms with van der Waals surface area (Å²) in [5.74, 6) is -0.498. The average Bonchev–Trinajstić information content (AvgIpc) is 3.13. The van der Waals surface area contributed by atoms with Gasteiger partial charge in [0, 0.05) is 0 Å². The zero-order valence-electron chi connectivity index (χ0n) is 16.0. The van der Waals surface area contributed by atoms with Crippen molar-refractivity contribution in [3.05, 3.63) is 36.0 Å². The van der Waals surface area contributed by atoms with Gasteiger partial charge in [-0.1, -0.05) is 0 Å². The molecular formula is C20H24N4O2Sn. The predicted molar refractivity (Wildman–Crippen MR) is 107 cm³/mol. The maximum absolute atomic E-state index is 12.7. The van der Waals surface area contributed by atoms with Gasteiger partial charge in [-0.05, 0) is 0 Å².